The van der Waals surface area contributed by atoms with Gasteiger partial charge in [0.05, 0.1) is 6.10 Å². The molecule has 0 saturated heterocycles. The third-order valence-corrected chi connectivity index (χ3v) is 3.98. The van der Waals surface area contributed by atoms with Crippen LogP contribution in [0.15, 0.2) is 48.5 Å². The van der Waals surface area contributed by atoms with Crippen molar-refractivity contribution in [2.24, 2.45) is 0 Å². The molecule has 0 saturated carbocycles. The van der Waals surface area contributed by atoms with Gasteiger partial charge in [0.15, 0.2) is 0 Å². The van der Waals surface area contributed by atoms with Gasteiger partial charge in [0.2, 0.25) is 0 Å². The van der Waals surface area contributed by atoms with Crippen molar-refractivity contribution in [2.75, 3.05) is 13.6 Å². The van der Waals surface area contributed by atoms with Crippen molar-refractivity contribution in [2.45, 2.75) is 19.1 Å². The molecule has 2 aromatic carbocycles. The standard InChI is InChI=1S/C17H20ClNO2/c1-12(14-4-3-5-16(20)10-14)19(2)11-17(21)13-6-8-15(18)9-7-13/h3-10,12,17,20-21H,11H2,1-2H3. The number of aliphatic hydroxyl groups is 1. The van der Waals surface area contributed by atoms with Crippen LogP contribution in [0.25, 0.3) is 0 Å². The van der Waals surface area contributed by atoms with Crippen molar-refractivity contribution in [3.63, 3.8) is 0 Å². The minimum atomic E-state index is -0.577. The highest BCUT2D eigenvalue weighted by Crippen LogP contribution is 2.25. The maximum absolute atomic E-state index is 10.3. The molecule has 0 aliphatic carbocycles. The normalized spacial score (nSPS) is 14.1. The summed E-state index contributed by atoms with van der Waals surface area (Å²) < 4.78 is 0. The summed E-state index contributed by atoms with van der Waals surface area (Å²) in [6, 6.07) is 14.5. The molecule has 0 bridgehead atoms. The number of aliphatic hydroxyl groups excluding tert-OH is 1. The molecule has 0 radical (unpaired) electrons. The van der Waals surface area contributed by atoms with E-state index in [1.807, 2.05) is 43.1 Å². The van der Waals surface area contributed by atoms with Crippen LogP contribution in [0.1, 0.15) is 30.2 Å². The first-order valence-electron chi connectivity index (χ1n) is 6.90. The molecule has 2 rings (SSSR count). The fourth-order valence-corrected chi connectivity index (χ4v) is 2.39. The molecule has 2 N–H and O–H groups in total. The Morgan fingerprint density at radius 3 is 2.38 bits per heavy atom. The lowest BCUT2D eigenvalue weighted by atomic mass is 10.0. The summed E-state index contributed by atoms with van der Waals surface area (Å²) in [5.74, 6) is 0.256. The van der Waals surface area contributed by atoms with Gasteiger partial charge in [0, 0.05) is 17.6 Å². The third kappa shape index (κ3) is 4.21. The summed E-state index contributed by atoms with van der Waals surface area (Å²) in [5.41, 5.74) is 1.86. The number of aromatic hydroxyl groups is 1. The van der Waals surface area contributed by atoms with Crippen LogP contribution in [-0.2, 0) is 0 Å². The molecule has 0 spiro atoms. The minimum Gasteiger partial charge on any atom is -0.508 e. The van der Waals surface area contributed by atoms with Crippen molar-refractivity contribution in [1.82, 2.24) is 4.90 Å². The van der Waals surface area contributed by atoms with Gasteiger partial charge in [-0.3, -0.25) is 4.90 Å². The topological polar surface area (TPSA) is 43.7 Å². The van der Waals surface area contributed by atoms with Gasteiger partial charge in [0.1, 0.15) is 5.75 Å². The number of hydrogen-bond donors (Lipinski definition) is 2. The fourth-order valence-electron chi connectivity index (χ4n) is 2.26. The molecule has 0 heterocycles. The summed E-state index contributed by atoms with van der Waals surface area (Å²) in [5, 5.41) is 20.5. The Kier molecular flexibility index (Phi) is 5.23. The predicted octanol–water partition coefficient (Wildman–Crippen LogP) is 3.77. The van der Waals surface area contributed by atoms with Crippen LogP contribution >= 0.6 is 11.6 Å². The molecule has 0 aromatic heterocycles. The smallest absolute Gasteiger partial charge is 0.115 e. The average Bonchev–Trinajstić information content (AvgIpc) is 2.47. The van der Waals surface area contributed by atoms with Gasteiger partial charge in [-0.1, -0.05) is 35.9 Å². The Bertz CT molecular complexity index is 586. The number of rotatable bonds is 5. The first kappa shape index (κ1) is 15.8. The van der Waals surface area contributed by atoms with Crippen LogP contribution < -0.4 is 0 Å². The largest absolute Gasteiger partial charge is 0.508 e. The fraction of sp³-hybridized carbons (Fsp3) is 0.294. The number of likely N-dealkylation sites (N-methyl/N-ethyl adjacent to an activating group) is 1. The van der Waals surface area contributed by atoms with Crippen molar-refractivity contribution in [3.8, 4) is 5.75 Å². The molecule has 0 fully saturated rings. The molecule has 112 valence electrons. The lowest BCUT2D eigenvalue weighted by Gasteiger charge is -2.27. The highest BCUT2D eigenvalue weighted by atomic mass is 35.5. The maximum atomic E-state index is 10.3. The first-order valence-corrected chi connectivity index (χ1v) is 7.28. The molecule has 21 heavy (non-hydrogen) atoms. The quantitative estimate of drug-likeness (QED) is 0.883. The number of nitrogens with zero attached hydrogens (tertiary/aromatic N) is 1. The van der Waals surface area contributed by atoms with Crippen LogP contribution in [0, 0.1) is 0 Å². The molecule has 2 aromatic rings. The van der Waals surface area contributed by atoms with Gasteiger partial charge < -0.3 is 10.2 Å². The molecular formula is C17H20ClNO2. The van der Waals surface area contributed by atoms with Gasteiger partial charge >= 0.3 is 0 Å². The summed E-state index contributed by atoms with van der Waals surface area (Å²) in [4.78, 5) is 2.05. The second kappa shape index (κ2) is 6.94. The SMILES string of the molecule is CC(c1cccc(O)c1)N(C)CC(O)c1ccc(Cl)cc1. The number of phenols is 1. The van der Waals surface area contributed by atoms with E-state index in [1.165, 1.54) is 0 Å². The molecule has 0 amide bonds. The van der Waals surface area contributed by atoms with Crippen molar-refractivity contribution >= 4 is 11.6 Å². The lowest BCUT2D eigenvalue weighted by Crippen LogP contribution is -2.27. The number of phenolic OH excluding ortho intramolecular Hbond substituents is 1. The number of hydrogen-bond acceptors (Lipinski definition) is 3. The van der Waals surface area contributed by atoms with Gasteiger partial charge in [-0.15, -0.1) is 0 Å². The monoisotopic (exact) mass is 305 g/mol. The van der Waals surface area contributed by atoms with E-state index in [-0.39, 0.29) is 11.8 Å². The van der Waals surface area contributed by atoms with Gasteiger partial charge in [-0.25, -0.2) is 0 Å². The van der Waals surface area contributed by atoms with Gasteiger partial charge in [-0.2, -0.15) is 0 Å². The van der Waals surface area contributed by atoms with E-state index in [2.05, 4.69) is 0 Å². The van der Waals surface area contributed by atoms with Crippen LogP contribution in [0.3, 0.4) is 0 Å². The molecule has 2 unspecified atom stereocenters. The van der Waals surface area contributed by atoms with E-state index in [0.717, 1.165) is 11.1 Å². The molecule has 4 heteroatoms. The van der Waals surface area contributed by atoms with E-state index in [4.69, 9.17) is 11.6 Å². The van der Waals surface area contributed by atoms with E-state index in [1.54, 1.807) is 24.3 Å². The minimum absolute atomic E-state index is 0.0963. The second-order valence-electron chi connectivity index (χ2n) is 5.28. The Labute approximate surface area is 130 Å². The van der Waals surface area contributed by atoms with Crippen LogP contribution in [-0.4, -0.2) is 28.7 Å². The summed E-state index contributed by atoms with van der Waals surface area (Å²) in [6.45, 7) is 2.54. The number of benzene rings is 2. The zero-order chi connectivity index (χ0) is 15.4. The van der Waals surface area contributed by atoms with Crippen molar-refractivity contribution in [1.29, 1.82) is 0 Å². The maximum Gasteiger partial charge on any atom is 0.115 e. The highest BCUT2D eigenvalue weighted by molar-refractivity contribution is 6.30. The Morgan fingerprint density at radius 1 is 1.10 bits per heavy atom. The van der Waals surface area contributed by atoms with Crippen molar-refractivity contribution in [3.05, 3.63) is 64.7 Å². The summed E-state index contributed by atoms with van der Waals surface area (Å²) in [6.07, 6.45) is -0.577. The van der Waals surface area contributed by atoms with Crippen LogP contribution in [0.2, 0.25) is 5.02 Å². The molecule has 2 atom stereocenters. The van der Waals surface area contributed by atoms with E-state index in [0.29, 0.717) is 11.6 Å². The second-order valence-corrected chi connectivity index (χ2v) is 5.71. The summed E-state index contributed by atoms with van der Waals surface area (Å²) >= 11 is 5.85. The molecule has 3 nitrogen and oxygen atoms in total. The Balaban J connectivity index is 2.03. The van der Waals surface area contributed by atoms with Gasteiger partial charge in [0.25, 0.3) is 0 Å². The zero-order valence-electron chi connectivity index (χ0n) is 12.2. The first-order chi connectivity index (χ1) is 9.97. The Hall–Kier alpha value is -1.55. The predicted molar refractivity (Wildman–Crippen MR) is 85.6 cm³/mol. The van der Waals surface area contributed by atoms with Crippen LogP contribution in [0.4, 0.5) is 0 Å². The van der Waals surface area contributed by atoms with Crippen LogP contribution in [0.5, 0.6) is 5.75 Å². The lowest BCUT2D eigenvalue weighted by molar-refractivity contribution is 0.108. The van der Waals surface area contributed by atoms with Gasteiger partial charge in [-0.05, 0) is 49.4 Å². The molecular weight excluding hydrogens is 286 g/mol. The molecule has 0 aliphatic rings. The third-order valence-electron chi connectivity index (χ3n) is 3.73. The summed E-state index contributed by atoms with van der Waals surface area (Å²) in [7, 11) is 1.95. The Morgan fingerprint density at radius 2 is 1.76 bits per heavy atom. The number of halogens is 1. The zero-order valence-corrected chi connectivity index (χ0v) is 13.0. The molecule has 0 aliphatic heterocycles. The van der Waals surface area contributed by atoms with Crippen molar-refractivity contribution < 1.29 is 10.2 Å². The van der Waals surface area contributed by atoms with E-state index in [9.17, 15) is 10.2 Å². The average molecular weight is 306 g/mol. The van der Waals surface area contributed by atoms with E-state index >= 15 is 0 Å². The highest BCUT2D eigenvalue weighted by Gasteiger charge is 2.16. The van der Waals surface area contributed by atoms with E-state index < -0.39 is 6.10 Å².